The van der Waals surface area contributed by atoms with E-state index in [1.54, 1.807) is 6.07 Å². The van der Waals surface area contributed by atoms with Gasteiger partial charge in [0.2, 0.25) is 5.91 Å². The molecular formula is C10H13N3O5. The van der Waals surface area contributed by atoms with E-state index in [0.29, 0.717) is 0 Å². The van der Waals surface area contributed by atoms with E-state index in [9.17, 15) is 14.4 Å². The van der Waals surface area contributed by atoms with Crippen molar-refractivity contribution in [3.05, 3.63) is 24.2 Å². The van der Waals surface area contributed by atoms with Crippen molar-refractivity contribution in [2.75, 3.05) is 20.2 Å². The molecule has 0 spiro atoms. The second-order valence-electron chi connectivity index (χ2n) is 3.42. The number of likely N-dealkylation sites (N-methyl/N-ethyl adjacent to an activating group) is 1. The molecule has 18 heavy (non-hydrogen) atoms. The molecule has 1 aromatic heterocycles. The van der Waals surface area contributed by atoms with Gasteiger partial charge in [-0.25, -0.2) is 5.48 Å². The standard InChI is InChI=1S/C10H13N3O5/c1-13(10(16)7-3-2-4-17-7)5-9(15)12-18-6-8(11)14/h2-4H,5-6H2,1H3,(H2,11,14)(H,12,15). The molecule has 0 atom stereocenters. The molecule has 0 bridgehead atoms. The van der Waals surface area contributed by atoms with Gasteiger partial charge in [-0.1, -0.05) is 0 Å². The SMILES string of the molecule is CN(CC(=O)NOCC(N)=O)C(=O)c1ccco1. The number of hydrogen-bond donors (Lipinski definition) is 2. The Labute approximate surface area is 103 Å². The number of carbonyl (C=O) groups excluding carboxylic acids is 3. The Morgan fingerprint density at radius 3 is 2.78 bits per heavy atom. The molecule has 0 unspecified atom stereocenters. The van der Waals surface area contributed by atoms with Crippen LogP contribution in [0.15, 0.2) is 22.8 Å². The zero-order valence-electron chi connectivity index (χ0n) is 9.71. The van der Waals surface area contributed by atoms with Crippen LogP contribution in [0, 0.1) is 0 Å². The monoisotopic (exact) mass is 255 g/mol. The Balaban J connectivity index is 2.35. The molecular weight excluding hydrogens is 242 g/mol. The zero-order chi connectivity index (χ0) is 13.5. The van der Waals surface area contributed by atoms with Crippen LogP contribution in [0.5, 0.6) is 0 Å². The van der Waals surface area contributed by atoms with E-state index >= 15 is 0 Å². The van der Waals surface area contributed by atoms with Crippen molar-refractivity contribution in [1.82, 2.24) is 10.4 Å². The largest absolute Gasteiger partial charge is 0.459 e. The fourth-order valence-corrected chi connectivity index (χ4v) is 1.10. The highest BCUT2D eigenvalue weighted by atomic mass is 16.7. The number of hydroxylamine groups is 1. The highest BCUT2D eigenvalue weighted by Crippen LogP contribution is 2.03. The van der Waals surface area contributed by atoms with Gasteiger partial charge in [0.1, 0.15) is 6.54 Å². The van der Waals surface area contributed by atoms with E-state index < -0.39 is 24.3 Å². The van der Waals surface area contributed by atoms with Crippen molar-refractivity contribution in [3.8, 4) is 0 Å². The van der Waals surface area contributed by atoms with E-state index in [0.717, 1.165) is 4.90 Å². The predicted molar refractivity (Wildman–Crippen MR) is 59.0 cm³/mol. The summed E-state index contributed by atoms with van der Waals surface area (Å²) in [5.74, 6) is -1.61. The van der Waals surface area contributed by atoms with E-state index in [1.807, 2.05) is 5.48 Å². The molecule has 0 aliphatic heterocycles. The van der Waals surface area contributed by atoms with Crippen molar-refractivity contribution in [1.29, 1.82) is 0 Å². The van der Waals surface area contributed by atoms with Gasteiger partial charge < -0.3 is 15.1 Å². The van der Waals surface area contributed by atoms with Crippen molar-refractivity contribution in [3.63, 3.8) is 0 Å². The third-order valence-corrected chi connectivity index (χ3v) is 1.86. The Bertz CT molecular complexity index is 429. The average molecular weight is 255 g/mol. The van der Waals surface area contributed by atoms with Gasteiger partial charge in [0, 0.05) is 7.05 Å². The molecule has 0 saturated heterocycles. The molecule has 1 aromatic rings. The summed E-state index contributed by atoms with van der Waals surface area (Å²) < 4.78 is 4.90. The fourth-order valence-electron chi connectivity index (χ4n) is 1.10. The van der Waals surface area contributed by atoms with Crippen LogP contribution in [0.1, 0.15) is 10.6 Å². The predicted octanol–water partition coefficient (Wildman–Crippen LogP) is -1.12. The van der Waals surface area contributed by atoms with Crippen LogP contribution in [0.25, 0.3) is 0 Å². The molecule has 0 aliphatic rings. The van der Waals surface area contributed by atoms with Gasteiger partial charge >= 0.3 is 0 Å². The van der Waals surface area contributed by atoms with Crippen molar-refractivity contribution in [2.45, 2.75) is 0 Å². The zero-order valence-corrected chi connectivity index (χ0v) is 9.71. The number of carbonyl (C=O) groups is 3. The van der Waals surface area contributed by atoms with Crippen LogP contribution in [-0.2, 0) is 14.4 Å². The number of rotatable bonds is 6. The summed E-state index contributed by atoms with van der Waals surface area (Å²) in [4.78, 5) is 38.9. The molecule has 0 aliphatic carbocycles. The summed E-state index contributed by atoms with van der Waals surface area (Å²) in [6, 6.07) is 3.05. The quantitative estimate of drug-likeness (QED) is 0.625. The number of nitrogens with one attached hydrogen (secondary N) is 1. The smallest absolute Gasteiger partial charge is 0.289 e. The van der Waals surface area contributed by atoms with E-state index in [2.05, 4.69) is 4.84 Å². The molecule has 0 radical (unpaired) electrons. The minimum absolute atomic E-state index is 0.128. The highest BCUT2D eigenvalue weighted by Gasteiger charge is 2.17. The molecule has 3 N–H and O–H groups in total. The van der Waals surface area contributed by atoms with Crippen LogP contribution < -0.4 is 11.2 Å². The molecule has 0 aromatic carbocycles. The van der Waals surface area contributed by atoms with Crippen LogP contribution in [0.3, 0.4) is 0 Å². The first-order chi connectivity index (χ1) is 8.50. The summed E-state index contributed by atoms with van der Waals surface area (Å²) in [5, 5.41) is 0. The maximum absolute atomic E-state index is 11.7. The number of nitrogens with zero attached hydrogens (tertiary/aromatic N) is 1. The Morgan fingerprint density at radius 2 is 2.22 bits per heavy atom. The topological polar surface area (TPSA) is 115 Å². The number of hydrogen-bond acceptors (Lipinski definition) is 5. The molecule has 3 amide bonds. The Kier molecular flexibility index (Phi) is 4.88. The summed E-state index contributed by atoms with van der Waals surface area (Å²) in [5.41, 5.74) is 6.78. The van der Waals surface area contributed by atoms with E-state index in [1.165, 1.54) is 19.4 Å². The molecule has 8 heteroatoms. The van der Waals surface area contributed by atoms with Crippen LogP contribution in [0.4, 0.5) is 0 Å². The van der Waals surface area contributed by atoms with Crippen molar-refractivity contribution < 1.29 is 23.6 Å². The maximum atomic E-state index is 11.7. The average Bonchev–Trinajstić information content (AvgIpc) is 2.80. The normalized spacial score (nSPS) is 9.83. The lowest BCUT2D eigenvalue weighted by Gasteiger charge is -2.14. The first kappa shape index (κ1) is 13.7. The lowest BCUT2D eigenvalue weighted by Crippen LogP contribution is -2.39. The lowest BCUT2D eigenvalue weighted by atomic mass is 10.4. The van der Waals surface area contributed by atoms with Gasteiger partial charge in [0.05, 0.1) is 6.26 Å². The molecule has 0 saturated carbocycles. The van der Waals surface area contributed by atoms with E-state index in [4.69, 9.17) is 10.2 Å². The van der Waals surface area contributed by atoms with Gasteiger partial charge in [-0.15, -0.1) is 0 Å². The first-order valence-corrected chi connectivity index (χ1v) is 4.98. The Hall–Kier alpha value is -2.35. The number of amides is 3. The third-order valence-electron chi connectivity index (χ3n) is 1.86. The second-order valence-corrected chi connectivity index (χ2v) is 3.42. The Morgan fingerprint density at radius 1 is 1.50 bits per heavy atom. The number of primary amides is 1. The fraction of sp³-hybridized carbons (Fsp3) is 0.300. The van der Waals surface area contributed by atoms with Crippen LogP contribution in [0.2, 0.25) is 0 Å². The molecule has 1 heterocycles. The van der Waals surface area contributed by atoms with Crippen molar-refractivity contribution in [2.24, 2.45) is 5.73 Å². The summed E-state index contributed by atoms with van der Waals surface area (Å²) >= 11 is 0. The third kappa shape index (κ3) is 4.26. The molecule has 98 valence electrons. The summed E-state index contributed by atoms with van der Waals surface area (Å²) in [6.45, 7) is -0.667. The van der Waals surface area contributed by atoms with Gasteiger partial charge in [0.25, 0.3) is 11.8 Å². The number of furan rings is 1. The van der Waals surface area contributed by atoms with E-state index in [-0.39, 0.29) is 12.3 Å². The maximum Gasteiger partial charge on any atom is 0.289 e. The van der Waals surface area contributed by atoms with Crippen molar-refractivity contribution >= 4 is 17.7 Å². The molecule has 0 fully saturated rings. The summed E-state index contributed by atoms with van der Waals surface area (Å²) in [7, 11) is 1.43. The molecule has 1 rings (SSSR count). The van der Waals surface area contributed by atoms with Gasteiger partial charge in [-0.3, -0.25) is 19.2 Å². The van der Waals surface area contributed by atoms with Crippen LogP contribution >= 0.6 is 0 Å². The van der Waals surface area contributed by atoms with Gasteiger partial charge in [-0.05, 0) is 12.1 Å². The van der Waals surface area contributed by atoms with Gasteiger partial charge in [0.15, 0.2) is 12.4 Å². The minimum Gasteiger partial charge on any atom is -0.459 e. The summed E-state index contributed by atoms with van der Waals surface area (Å²) in [6.07, 6.45) is 1.36. The first-order valence-electron chi connectivity index (χ1n) is 4.98. The highest BCUT2D eigenvalue weighted by molar-refractivity contribution is 5.93. The van der Waals surface area contributed by atoms with Gasteiger partial charge in [-0.2, -0.15) is 0 Å². The second kappa shape index (κ2) is 6.40. The molecule has 8 nitrogen and oxygen atoms in total. The number of nitrogens with two attached hydrogens (primary N) is 1. The van der Waals surface area contributed by atoms with Crippen LogP contribution in [-0.4, -0.2) is 42.8 Å². The lowest BCUT2D eigenvalue weighted by molar-refractivity contribution is -0.138. The minimum atomic E-state index is -0.713.